The predicted molar refractivity (Wildman–Crippen MR) is 71.2 cm³/mol. The highest BCUT2D eigenvalue weighted by molar-refractivity contribution is 7.08. The number of anilines is 1. The minimum absolute atomic E-state index is 0.754. The van der Waals surface area contributed by atoms with Gasteiger partial charge in [0.25, 0.3) is 0 Å². The molecule has 1 heterocycles. The van der Waals surface area contributed by atoms with Crippen molar-refractivity contribution in [1.82, 2.24) is 0 Å². The van der Waals surface area contributed by atoms with Crippen molar-refractivity contribution in [2.75, 3.05) is 19.5 Å². The van der Waals surface area contributed by atoms with Crippen LogP contribution in [0.4, 0.5) is 5.69 Å². The lowest BCUT2D eigenvalue weighted by Gasteiger charge is -2.09. The molecule has 0 bridgehead atoms. The summed E-state index contributed by atoms with van der Waals surface area (Å²) in [6, 6.07) is 7.93. The maximum atomic E-state index is 5.23. The third-order valence-corrected chi connectivity index (χ3v) is 3.11. The van der Waals surface area contributed by atoms with Crippen LogP contribution in [-0.2, 0) is 6.54 Å². The average molecular weight is 249 g/mol. The van der Waals surface area contributed by atoms with E-state index >= 15 is 0 Å². The number of hydrogen-bond acceptors (Lipinski definition) is 4. The molecule has 0 radical (unpaired) electrons. The topological polar surface area (TPSA) is 30.5 Å². The highest BCUT2D eigenvalue weighted by Gasteiger charge is 2.02. The first-order valence-electron chi connectivity index (χ1n) is 5.30. The van der Waals surface area contributed by atoms with Gasteiger partial charge in [-0.15, -0.1) is 0 Å². The third kappa shape index (κ3) is 3.14. The minimum atomic E-state index is 0.754. The Labute approximate surface area is 105 Å². The molecule has 0 aliphatic rings. The second kappa shape index (κ2) is 5.59. The van der Waals surface area contributed by atoms with Crippen molar-refractivity contribution in [2.45, 2.75) is 6.54 Å². The normalized spacial score (nSPS) is 10.0. The molecule has 0 aliphatic heterocycles. The molecule has 3 nitrogen and oxygen atoms in total. The molecule has 0 unspecified atom stereocenters. The number of rotatable bonds is 5. The van der Waals surface area contributed by atoms with Crippen LogP contribution in [0.2, 0.25) is 0 Å². The van der Waals surface area contributed by atoms with Crippen molar-refractivity contribution in [2.24, 2.45) is 0 Å². The van der Waals surface area contributed by atoms with Crippen LogP contribution in [0, 0.1) is 0 Å². The van der Waals surface area contributed by atoms with E-state index < -0.39 is 0 Å². The van der Waals surface area contributed by atoms with Crippen molar-refractivity contribution in [3.05, 3.63) is 40.6 Å². The zero-order chi connectivity index (χ0) is 12.1. The molecule has 0 saturated carbocycles. The van der Waals surface area contributed by atoms with E-state index in [2.05, 4.69) is 22.1 Å². The summed E-state index contributed by atoms with van der Waals surface area (Å²) in [7, 11) is 3.32. The summed E-state index contributed by atoms with van der Waals surface area (Å²) >= 11 is 1.68. The lowest BCUT2D eigenvalue weighted by Crippen LogP contribution is -1.99. The van der Waals surface area contributed by atoms with Gasteiger partial charge >= 0.3 is 0 Å². The summed E-state index contributed by atoms with van der Waals surface area (Å²) in [5.41, 5.74) is 2.27. The van der Waals surface area contributed by atoms with Crippen molar-refractivity contribution in [1.29, 1.82) is 0 Å². The van der Waals surface area contributed by atoms with E-state index in [0.29, 0.717) is 0 Å². The van der Waals surface area contributed by atoms with Gasteiger partial charge in [0, 0.05) is 23.7 Å². The first-order chi connectivity index (χ1) is 8.31. The highest BCUT2D eigenvalue weighted by Crippen LogP contribution is 2.23. The zero-order valence-corrected chi connectivity index (χ0v) is 10.7. The third-order valence-electron chi connectivity index (χ3n) is 2.43. The number of thiophene rings is 1. The molecule has 2 aromatic rings. The predicted octanol–water partition coefficient (Wildman–Crippen LogP) is 3.38. The Bertz CT molecular complexity index is 446. The SMILES string of the molecule is COc1cc(CNc2ccsc2)cc(OC)c1. The summed E-state index contributed by atoms with van der Waals surface area (Å²) < 4.78 is 10.5. The molecule has 0 spiro atoms. The van der Waals surface area contributed by atoms with Gasteiger partial charge in [-0.05, 0) is 29.1 Å². The Kier molecular flexibility index (Phi) is 3.88. The van der Waals surface area contributed by atoms with Gasteiger partial charge < -0.3 is 14.8 Å². The second-order valence-corrected chi connectivity index (χ2v) is 4.37. The average Bonchev–Trinajstić information content (AvgIpc) is 2.89. The molecule has 1 N–H and O–H groups in total. The summed E-state index contributed by atoms with van der Waals surface area (Å²) in [6.07, 6.45) is 0. The largest absolute Gasteiger partial charge is 0.497 e. The Morgan fingerprint density at radius 2 is 1.82 bits per heavy atom. The molecular formula is C13H15NO2S. The summed E-state index contributed by atoms with van der Waals surface area (Å²) in [5.74, 6) is 1.62. The molecule has 0 saturated heterocycles. The Morgan fingerprint density at radius 1 is 1.12 bits per heavy atom. The van der Waals surface area contributed by atoms with Crippen LogP contribution in [0.15, 0.2) is 35.0 Å². The van der Waals surface area contributed by atoms with Gasteiger partial charge in [0.2, 0.25) is 0 Å². The van der Waals surface area contributed by atoms with E-state index in [4.69, 9.17) is 9.47 Å². The first kappa shape index (κ1) is 11.8. The van der Waals surface area contributed by atoms with Gasteiger partial charge in [-0.1, -0.05) is 0 Å². The summed E-state index contributed by atoms with van der Waals surface area (Å²) in [5, 5.41) is 7.47. The lowest BCUT2D eigenvalue weighted by atomic mass is 10.2. The molecule has 4 heteroatoms. The molecule has 1 aromatic heterocycles. The van der Waals surface area contributed by atoms with E-state index in [1.165, 1.54) is 0 Å². The molecule has 2 rings (SSSR count). The van der Waals surface area contributed by atoms with E-state index in [0.717, 1.165) is 29.3 Å². The molecule has 0 fully saturated rings. The van der Waals surface area contributed by atoms with Crippen LogP contribution in [-0.4, -0.2) is 14.2 Å². The smallest absolute Gasteiger partial charge is 0.122 e. The van der Waals surface area contributed by atoms with Gasteiger partial charge in [-0.25, -0.2) is 0 Å². The standard InChI is InChI=1S/C13H15NO2S/c1-15-12-5-10(6-13(7-12)16-2)8-14-11-3-4-17-9-11/h3-7,9,14H,8H2,1-2H3. The maximum absolute atomic E-state index is 5.23. The quantitative estimate of drug-likeness (QED) is 0.881. The summed E-state index contributed by atoms with van der Waals surface area (Å²) in [4.78, 5) is 0. The fraction of sp³-hybridized carbons (Fsp3) is 0.231. The molecular weight excluding hydrogens is 234 g/mol. The molecule has 0 aliphatic carbocycles. The van der Waals surface area contributed by atoms with Crippen LogP contribution in [0.25, 0.3) is 0 Å². The van der Waals surface area contributed by atoms with Gasteiger partial charge in [-0.2, -0.15) is 11.3 Å². The maximum Gasteiger partial charge on any atom is 0.122 e. The Morgan fingerprint density at radius 3 is 2.35 bits per heavy atom. The van der Waals surface area contributed by atoms with Crippen molar-refractivity contribution >= 4 is 17.0 Å². The Balaban J connectivity index is 2.09. The van der Waals surface area contributed by atoms with Crippen LogP contribution in [0.3, 0.4) is 0 Å². The molecule has 90 valence electrons. The second-order valence-electron chi connectivity index (χ2n) is 3.59. The number of ether oxygens (including phenoxy) is 2. The van der Waals surface area contributed by atoms with Gasteiger partial charge in [0.15, 0.2) is 0 Å². The zero-order valence-electron chi connectivity index (χ0n) is 9.90. The van der Waals surface area contributed by atoms with E-state index in [9.17, 15) is 0 Å². The van der Waals surface area contributed by atoms with Crippen LogP contribution >= 0.6 is 11.3 Å². The lowest BCUT2D eigenvalue weighted by molar-refractivity contribution is 0.393. The van der Waals surface area contributed by atoms with Crippen molar-refractivity contribution < 1.29 is 9.47 Å². The van der Waals surface area contributed by atoms with Crippen LogP contribution in [0.1, 0.15) is 5.56 Å². The summed E-state index contributed by atoms with van der Waals surface area (Å²) in [6.45, 7) is 0.754. The molecule has 17 heavy (non-hydrogen) atoms. The number of benzene rings is 1. The molecule has 0 atom stereocenters. The van der Waals surface area contributed by atoms with E-state index in [1.807, 2.05) is 18.2 Å². The van der Waals surface area contributed by atoms with Crippen LogP contribution in [0.5, 0.6) is 11.5 Å². The Hall–Kier alpha value is -1.68. The van der Waals surface area contributed by atoms with Crippen molar-refractivity contribution in [3.8, 4) is 11.5 Å². The minimum Gasteiger partial charge on any atom is -0.497 e. The van der Waals surface area contributed by atoms with Crippen molar-refractivity contribution in [3.63, 3.8) is 0 Å². The van der Waals surface area contributed by atoms with E-state index in [1.54, 1.807) is 25.6 Å². The number of methoxy groups -OCH3 is 2. The van der Waals surface area contributed by atoms with Gasteiger partial charge in [0.1, 0.15) is 11.5 Å². The monoisotopic (exact) mass is 249 g/mol. The number of hydrogen-bond donors (Lipinski definition) is 1. The van der Waals surface area contributed by atoms with Crippen LogP contribution < -0.4 is 14.8 Å². The first-order valence-corrected chi connectivity index (χ1v) is 6.24. The molecule has 0 amide bonds. The highest BCUT2D eigenvalue weighted by atomic mass is 32.1. The van der Waals surface area contributed by atoms with Gasteiger partial charge in [0.05, 0.1) is 14.2 Å². The number of nitrogens with one attached hydrogen (secondary N) is 1. The van der Waals surface area contributed by atoms with Gasteiger partial charge in [-0.3, -0.25) is 0 Å². The van der Waals surface area contributed by atoms with E-state index in [-0.39, 0.29) is 0 Å². The fourth-order valence-electron chi connectivity index (χ4n) is 1.54. The fourth-order valence-corrected chi connectivity index (χ4v) is 2.15. The molecule has 1 aromatic carbocycles.